The fourth-order valence-electron chi connectivity index (χ4n) is 17.7. The Kier molecular flexibility index (Phi) is 9.79. The molecule has 0 bridgehead atoms. The molecular weight excluding hydrogens is 709 g/mol. The summed E-state index contributed by atoms with van der Waals surface area (Å²) < 4.78 is 6.49. The van der Waals surface area contributed by atoms with Crippen molar-refractivity contribution in [3.8, 4) is 0 Å². The van der Waals surface area contributed by atoms with Gasteiger partial charge in [-0.15, -0.1) is 0 Å². The lowest BCUT2D eigenvalue weighted by molar-refractivity contribution is -0.253. The van der Waals surface area contributed by atoms with Crippen LogP contribution in [0.4, 0.5) is 0 Å². The van der Waals surface area contributed by atoms with Crippen LogP contribution in [-0.2, 0) is 19.1 Å². The first-order valence-electron chi connectivity index (χ1n) is 24.3. The van der Waals surface area contributed by atoms with Crippen LogP contribution < -0.4 is 0 Å². The molecule has 7 saturated carbocycles. The summed E-state index contributed by atoms with van der Waals surface area (Å²) in [5, 5.41) is 9.71. The number of fused-ring (bicyclic) bond motifs is 7. The molecule has 7 aliphatic carbocycles. The number of esters is 1. The van der Waals surface area contributed by atoms with Gasteiger partial charge in [0.1, 0.15) is 6.10 Å². The molecule has 2 aliphatic heterocycles. The maximum atomic E-state index is 15.6. The molecular formula is C50H80N2O5. The van der Waals surface area contributed by atoms with E-state index in [4.69, 9.17) is 4.74 Å². The van der Waals surface area contributed by atoms with Crippen molar-refractivity contribution in [2.24, 2.45) is 79.3 Å². The Morgan fingerprint density at radius 2 is 1.35 bits per heavy atom. The summed E-state index contributed by atoms with van der Waals surface area (Å²) in [5.74, 6) is 1.69. The van der Waals surface area contributed by atoms with Gasteiger partial charge in [-0.3, -0.25) is 14.4 Å². The zero-order valence-corrected chi connectivity index (χ0v) is 37.4. The van der Waals surface area contributed by atoms with E-state index >= 15 is 4.79 Å². The Morgan fingerprint density at radius 3 is 2.02 bits per heavy atom. The summed E-state index contributed by atoms with van der Waals surface area (Å²) in [4.78, 5) is 46.3. The van der Waals surface area contributed by atoms with Gasteiger partial charge in [-0.1, -0.05) is 68.2 Å². The predicted octanol–water partition coefficient (Wildman–Crippen LogP) is 10.4. The van der Waals surface area contributed by atoms with E-state index in [9.17, 15) is 14.7 Å². The van der Waals surface area contributed by atoms with Crippen LogP contribution in [0.5, 0.6) is 0 Å². The summed E-state index contributed by atoms with van der Waals surface area (Å²) in [5.41, 5.74) is 0.145. The van der Waals surface area contributed by atoms with Crippen LogP contribution >= 0.6 is 0 Å². The molecule has 0 spiro atoms. The van der Waals surface area contributed by atoms with Gasteiger partial charge in [-0.2, -0.15) is 0 Å². The van der Waals surface area contributed by atoms with Crippen molar-refractivity contribution in [1.82, 2.24) is 9.80 Å². The summed E-state index contributed by atoms with van der Waals surface area (Å²) in [6, 6.07) is 0.401. The molecule has 320 valence electrons. The summed E-state index contributed by atoms with van der Waals surface area (Å²) in [6.45, 7) is 23.8. The van der Waals surface area contributed by atoms with Gasteiger partial charge in [-0.05, 0) is 179 Å². The van der Waals surface area contributed by atoms with Crippen molar-refractivity contribution in [3.05, 3.63) is 0 Å². The van der Waals surface area contributed by atoms with E-state index in [1.54, 1.807) is 0 Å². The van der Waals surface area contributed by atoms with E-state index in [2.05, 4.69) is 51.3 Å². The van der Waals surface area contributed by atoms with Gasteiger partial charge in [-0.25, -0.2) is 0 Å². The number of rotatable bonds is 7. The molecule has 1 amide bonds. The summed E-state index contributed by atoms with van der Waals surface area (Å²) in [7, 11) is 0. The van der Waals surface area contributed by atoms with E-state index < -0.39 is 17.3 Å². The normalized spacial score (nSPS) is 48.3. The number of carbonyl (C=O) groups excluding carboxylic acids is 2. The minimum atomic E-state index is -0.800. The number of carbonyl (C=O) groups is 3. The fraction of sp³-hybridized carbons (Fsp3) is 0.940. The van der Waals surface area contributed by atoms with Gasteiger partial charge in [0, 0.05) is 24.5 Å². The molecule has 9 aliphatic rings. The fourth-order valence-corrected chi connectivity index (χ4v) is 17.7. The van der Waals surface area contributed by atoms with Crippen molar-refractivity contribution in [3.63, 3.8) is 0 Å². The van der Waals surface area contributed by atoms with Gasteiger partial charge in [0.15, 0.2) is 0 Å². The minimum Gasteiger partial charge on any atom is -0.481 e. The Morgan fingerprint density at radius 1 is 0.632 bits per heavy atom. The van der Waals surface area contributed by atoms with Crippen molar-refractivity contribution in [2.45, 2.75) is 190 Å². The van der Waals surface area contributed by atoms with Crippen molar-refractivity contribution < 1.29 is 24.2 Å². The Labute approximate surface area is 345 Å². The molecule has 57 heavy (non-hydrogen) atoms. The molecule has 13 atom stereocenters. The summed E-state index contributed by atoms with van der Waals surface area (Å²) >= 11 is 0. The standard InChI is InChI=1S/C50H80N2O5/c1-44(2)35(41(53)54)30-36(44)42(55)57-39-19-20-47(6)37(45(39,3)4)18-21-49(8)38(47)16-15-34-40-33(46(5)23-24-46)17-22-50(40,26-25-48(34,49)7)43(56)52-29-13-14-32(52)31-51-27-11-9-10-12-28-51/h32-40H,9-31H2,1-8H3,(H,53,54)/t32-,33+,34+,35-,36+,37-,38+,39-,40+,47-,48+,49+,50-/m0/s1. The number of carboxylic acids is 1. The van der Waals surface area contributed by atoms with E-state index in [-0.39, 0.29) is 45.1 Å². The Balaban J connectivity index is 0.963. The van der Waals surface area contributed by atoms with E-state index in [0.29, 0.717) is 53.4 Å². The highest BCUT2D eigenvalue weighted by atomic mass is 16.5. The highest BCUT2D eigenvalue weighted by Gasteiger charge is 2.74. The van der Waals surface area contributed by atoms with Crippen LogP contribution in [0.15, 0.2) is 0 Å². The molecule has 1 N–H and O–H groups in total. The molecule has 9 rings (SSSR count). The van der Waals surface area contributed by atoms with E-state index in [0.717, 1.165) is 38.8 Å². The average Bonchev–Trinajstić information content (AvgIpc) is 3.63. The average molecular weight is 789 g/mol. The molecule has 0 unspecified atom stereocenters. The first-order valence-corrected chi connectivity index (χ1v) is 24.3. The highest BCUT2D eigenvalue weighted by Crippen LogP contribution is 2.79. The molecule has 7 heteroatoms. The highest BCUT2D eigenvalue weighted by molar-refractivity contribution is 5.84. The SMILES string of the molecule is CC1([C@@H]2CC[C@]3(C(=O)N4CCC[C@H]4CN4CCCCCC4)CC[C@]4(C)[C@H](CC[C@@H]5[C@@]6(C)CC[C@H](OC(=O)[C@H]7C[C@@H](C(=O)O)C7(C)C)C(C)(C)[C@@H]6CC[C@]54C)[C@@H]23)CC1. The maximum absolute atomic E-state index is 15.6. The lowest BCUT2D eigenvalue weighted by atomic mass is 9.32. The lowest BCUT2D eigenvalue weighted by Gasteiger charge is -2.73. The second-order valence-electron chi connectivity index (χ2n) is 24.4. The van der Waals surface area contributed by atoms with Crippen LogP contribution in [0.2, 0.25) is 0 Å². The largest absolute Gasteiger partial charge is 0.481 e. The number of amides is 1. The zero-order valence-electron chi connectivity index (χ0n) is 37.4. The number of carboxylic acid groups (broad SMARTS) is 1. The van der Waals surface area contributed by atoms with Crippen LogP contribution in [0.3, 0.4) is 0 Å². The van der Waals surface area contributed by atoms with Crippen LogP contribution in [-0.4, -0.2) is 71.1 Å². The first-order chi connectivity index (χ1) is 26.8. The molecule has 9 fully saturated rings. The molecule has 7 nitrogen and oxygen atoms in total. The van der Waals surface area contributed by atoms with E-state index in [1.165, 1.54) is 103 Å². The van der Waals surface area contributed by atoms with Gasteiger partial charge in [0.2, 0.25) is 5.91 Å². The van der Waals surface area contributed by atoms with Gasteiger partial charge < -0.3 is 19.6 Å². The van der Waals surface area contributed by atoms with E-state index in [1.807, 2.05) is 13.8 Å². The number of nitrogens with zero attached hydrogens (tertiary/aromatic N) is 2. The Hall–Kier alpha value is -1.63. The van der Waals surface area contributed by atoms with Crippen molar-refractivity contribution >= 4 is 17.8 Å². The van der Waals surface area contributed by atoms with Crippen LogP contribution in [0.1, 0.15) is 177 Å². The molecule has 0 aromatic rings. The third-order valence-corrected chi connectivity index (χ3v) is 21.6. The lowest BCUT2D eigenvalue weighted by Crippen LogP contribution is -2.68. The quantitative estimate of drug-likeness (QED) is 0.259. The second kappa shape index (κ2) is 13.7. The van der Waals surface area contributed by atoms with Crippen LogP contribution in [0, 0.1) is 79.3 Å². The van der Waals surface area contributed by atoms with Gasteiger partial charge >= 0.3 is 11.9 Å². The van der Waals surface area contributed by atoms with Gasteiger partial charge in [0.05, 0.1) is 17.3 Å². The van der Waals surface area contributed by atoms with Gasteiger partial charge in [0.25, 0.3) is 0 Å². The zero-order chi connectivity index (χ0) is 40.6. The third-order valence-electron chi connectivity index (χ3n) is 21.6. The molecule has 2 heterocycles. The molecule has 0 radical (unpaired) electrons. The number of hydrogen-bond acceptors (Lipinski definition) is 5. The second-order valence-corrected chi connectivity index (χ2v) is 24.4. The summed E-state index contributed by atoms with van der Waals surface area (Å²) in [6.07, 6.45) is 22.2. The number of hydrogen-bond donors (Lipinski definition) is 1. The number of likely N-dealkylation sites (tertiary alicyclic amines) is 2. The third kappa shape index (κ3) is 5.87. The number of aliphatic carboxylic acids is 1. The monoisotopic (exact) mass is 789 g/mol. The molecule has 0 aromatic heterocycles. The smallest absolute Gasteiger partial charge is 0.309 e. The molecule has 0 aromatic carbocycles. The van der Waals surface area contributed by atoms with Crippen LogP contribution in [0.25, 0.3) is 0 Å². The Bertz CT molecular complexity index is 1610. The first kappa shape index (κ1) is 40.8. The maximum Gasteiger partial charge on any atom is 0.309 e. The molecule has 2 saturated heterocycles. The van der Waals surface area contributed by atoms with Crippen molar-refractivity contribution in [2.75, 3.05) is 26.2 Å². The minimum absolute atomic E-state index is 0.132. The topological polar surface area (TPSA) is 87.2 Å². The van der Waals surface area contributed by atoms with Crippen molar-refractivity contribution in [1.29, 1.82) is 0 Å². The number of ether oxygens (including phenoxy) is 1. The predicted molar refractivity (Wildman–Crippen MR) is 224 cm³/mol.